The summed E-state index contributed by atoms with van der Waals surface area (Å²) >= 11 is 0. The highest BCUT2D eigenvalue weighted by Crippen LogP contribution is 2.19. The third-order valence-electron chi connectivity index (χ3n) is 2.55. The number of rotatable bonds is 7. The first-order chi connectivity index (χ1) is 8.50. The van der Waals surface area contributed by atoms with E-state index in [1.807, 2.05) is 0 Å². The van der Waals surface area contributed by atoms with Crippen molar-refractivity contribution in [3.8, 4) is 5.75 Å². The molecule has 0 saturated heterocycles. The summed E-state index contributed by atoms with van der Waals surface area (Å²) in [6.45, 7) is 1.95. The van der Waals surface area contributed by atoms with Crippen LogP contribution >= 0.6 is 0 Å². The largest absolute Gasteiger partial charge is 0.494 e. The summed E-state index contributed by atoms with van der Waals surface area (Å²) < 4.78 is 5.34. The number of hydrogen-bond acceptors (Lipinski definition) is 3. The van der Waals surface area contributed by atoms with E-state index in [0.29, 0.717) is 24.3 Å². The van der Waals surface area contributed by atoms with Gasteiger partial charge in [0, 0.05) is 6.42 Å². The summed E-state index contributed by atoms with van der Waals surface area (Å²) in [5.74, 6) is -1.65. The summed E-state index contributed by atoms with van der Waals surface area (Å²) in [4.78, 5) is 21.1. The van der Waals surface area contributed by atoms with Gasteiger partial charge < -0.3 is 14.9 Å². The van der Waals surface area contributed by atoms with Crippen molar-refractivity contribution < 1.29 is 24.5 Å². The molecule has 18 heavy (non-hydrogen) atoms. The van der Waals surface area contributed by atoms with E-state index in [2.05, 4.69) is 0 Å². The van der Waals surface area contributed by atoms with Gasteiger partial charge in [-0.3, -0.25) is 9.59 Å². The number of carboxylic acid groups (broad SMARTS) is 2. The maximum absolute atomic E-state index is 10.8. The van der Waals surface area contributed by atoms with Crippen molar-refractivity contribution in [2.75, 3.05) is 6.61 Å². The monoisotopic (exact) mass is 252 g/mol. The van der Waals surface area contributed by atoms with Gasteiger partial charge in [-0.2, -0.15) is 0 Å². The lowest BCUT2D eigenvalue weighted by atomic mass is 10.0. The molecule has 0 saturated carbocycles. The Morgan fingerprint density at radius 1 is 1.22 bits per heavy atom. The Hall–Kier alpha value is -2.04. The standard InChI is InChI=1S/C13H16O5/c1-9(13(16)17)10-4-6-11(7-5-10)18-8-2-3-12(14)15/h4-7,9H,2-3,8H2,1H3,(H,14,15)(H,16,17). The number of carbonyl (C=O) groups is 2. The van der Waals surface area contributed by atoms with Gasteiger partial charge >= 0.3 is 11.9 Å². The summed E-state index contributed by atoms with van der Waals surface area (Å²) in [5, 5.41) is 17.3. The van der Waals surface area contributed by atoms with Gasteiger partial charge in [0.15, 0.2) is 0 Å². The predicted molar refractivity (Wildman–Crippen MR) is 64.9 cm³/mol. The second-order valence-electron chi connectivity index (χ2n) is 3.97. The molecule has 0 aliphatic carbocycles. The molecule has 1 atom stereocenters. The fraction of sp³-hybridized carbons (Fsp3) is 0.385. The Morgan fingerprint density at radius 2 is 1.83 bits per heavy atom. The molecule has 0 radical (unpaired) electrons. The van der Waals surface area contributed by atoms with Crippen molar-refractivity contribution in [3.63, 3.8) is 0 Å². The minimum Gasteiger partial charge on any atom is -0.494 e. The van der Waals surface area contributed by atoms with Crippen LogP contribution in [0.15, 0.2) is 24.3 Å². The average molecular weight is 252 g/mol. The van der Waals surface area contributed by atoms with Gasteiger partial charge in [-0.1, -0.05) is 12.1 Å². The van der Waals surface area contributed by atoms with E-state index in [4.69, 9.17) is 14.9 Å². The molecule has 0 heterocycles. The molecule has 5 nitrogen and oxygen atoms in total. The first-order valence-electron chi connectivity index (χ1n) is 5.68. The predicted octanol–water partition coefficient (Wildman–Crippen LogP) is 2.12. The zero-order chi connectivity index (χ0) is 13.5. The fourth-order valence-corrected chi connectivity index (χ4v) is 1.41. The van der Waals surface area contributed by atoms with Crippen LogP contribution in [0.25, 0.3) is 0 Å². The van der Waals surface area contributed by atoms with Crippen molar-refractivity contribution >= 4 is 11.9 Å². The average Bonchev–Trinajstić information content (AvgIpc) is 2.34. The Balaban J connectivity index is 2.45. The van der Waals surface area contributed by atoms with Crippen LogP contribution in [-0.2, 0) is 9.59 Å². The second-order valence-corrected chi connectivity index (χ2v) is 3.97. The third kappa shape index (κ3) is 4.45. The van der Waals surface area contributed by atoms with Crippen molar-refractivity contribution in [1.82, 2.24) is 0 Å². The van der Waals surface area contributed by atoms with Crippen molar-refractivity contribution in [1.29, 1.82) is 0 Å². The van der Waals surface area contributed by atoms with Crippen LogP contribution in [0.3, 0.4) is 0 Å². The smallest absolute Gasteiger partial charge is 0.310 e. The first-order valence-corrected chi connectivity index (χ1v) is 5.68. The van der Waals surface area contributed by atoms with E-state index in [9.17, 15) is 9.59 Å². The molecule has 0 aliphatic rings. The minimum absolute atomic E-state index is 0.0775. The lowest BCUT2D eigenvalue weighted by Gasteiger charge is -2.09. The third-order valence-corrected chi connectivity index (χ3v) is 2.55. The number of benzene rings is 1. The molecule has 5 heteroatoms. The van der Waals surface area contributed by atoms with Gasteiger partial charge in [0.25, 0.3) is 0 Å². The van der Waals surface area contributed by atoms with E-state index < -0.39 is 17.9 Å². The van der Waals surface area contributed by atoms with E-state index >= 15 is 0 Å². The molecule has 0 aromatic heterocycles. The normalized spacial score (nSPS) is 11.8. The highest BCUT2D eigenvalue weighted by Gasteiger charge is 2.12. The molecule has 0 fully saturated rings. The van der Waals surface area contributed by atoms with Crippen molar-refractivity contribution in [2.45, 2.75) is 25.7 Å². The van der Waals surface area contributed by atoms with Gasteiger partial charge in [-0.15, -0.1) is 0 Å². The lowest BCUT2D eigenvalue weighted by Crippen LogP contribution is -2.07. The molecule has 1 aromatic carbocycles. The molecule has 0 amide bonds. The minimum atomic E-state index is -0.870. The van der Waals surface area contributed by atoms with E-state index in [-0.39, 0.29) is 6.42 Å². The number of carboxylic acids is 2. The van der Waals surface area contributed by atoms with Crippen molar-refractivity contribution in [2.24, 2.45) is 0 Å². The Bertz CT molecular complexity index is 410. The molecule has 2 N–H and O–H groups in total. The first kappa shape index (κ1) is 14.0. The number of ether oxygens (including phenoxy) is 1. The second kappa shape index (κ2) is 6.64. The summed E-state index contributed by atoms with van der Waals surface area (Å²) in [5.41, 5.74) is 0.709. The molecule has 0 aliphatic heterocycles. The molecular formula is C13H16O5. The van der Waals surface area contributed by atoms with Gasteiger partial charge in [0.1, 0.15) is 5.75 Å². The number of aliphatic carboxylic acids is 2. The molecule has 1 aromatic rings. The van der Waals surface area contributed by atoms with Gasteiger partial charge in [0.05, 0.1) is 12.5 Å². The van der Waals surface area contributed by atoms with Crippen molar-refractivity contribution in [3.05, 3.63) is 29.8 Å². The lowest BCUT2D eigenvalue weighted by molar-refractivity contribution is -0.138. The van der Waals surface area contributed by atoms with Crippen LogP contribution in [0.1, 0.15) is 31.2 Å². The molecular weight excluding hydrogens is 236 g/mol. The quantitative estimate of drug-likeness (QED) is 0.726. The molecule has 98 valence electrons. The summed E-state index contributed by atoms with van der Waals surface area (Å²) in [7, 11) is 0. The van der Waals surface area contributed by atoms with E-state index in [1.165, 1.54) is 0 Å². The van der Waals surface area contributed by atoms with E-state index in [1.54, 1.807) is 31.2 Å². The zero-order valence-electron chi connectivity index (χ0n) is 10.1. The summed E-state index contributed by atoms with van der Waals surface area (Å²) in [6.07, 6.45) is 0.525. The Kier molecular flexibility index (Phi) is 5.17. The zero-order valence-corrected chi connectivity index (χ0v) is 10.1. The maximum Gasteiger partial charge on any atom is 0.310 e. The van der Waals surface area contributed by atoms with Crippen LogP contribution in [0, 0.1) is 0 Å². The van der Waals surface area contributed by atoms with Crippen LogP contribution in [0.2, 0.25) is 0 Å². The van der Waals surface area contributed by atoms with Crippen LogP contribution in [0.5, 0.6) is 5.75 Å². The molecule has 0 spiro atoms. The molecule has 0 bridgehead atoms. The number of hydrogen-bond donors (Lipinski definition) is 2. The fourth-order valence-electron chi connectivity index (χ4n) is 1.41. The van der Waals surface area contributed by atoms with Crippen LogP contribution < -0.4 is 4.74 Å². The van der Waals surface area contributed by atoms with Gasteiger partial charge in [-0.05, 0) is 31.0 Å². The molecule has 1 unspecified atom stereocenters. The van der Waals surface area contributed by atoms with E-state index in [0.717, 1.165) is 0 Å². The molecule has 1 rings (SSSR count). The highest BCUT2D eigenvalue weighted by atomic mass is 16.5. The topological polar surface area (TPSA) is 83.8 Å². The van der Waals surface area contributed by atoms with Gasteiger partial charge in [0.2, 0.25) is 0 Å². The Morgan fingerprint density at radius 3 is 2.33 bits per heavy atom. The van der Waals surface area contributed by atoms with Crippen LogP contribution in [0.4, 0.5) is 0 Å². The summed E-state index contributed by atoms with van der Waals surface area (Å²) in [6, 6.07) is 6.78. The van der Waals surface area contributed by atoms with Crippen LogP contribution in [-0.4, -0.2) is 28.8 Å². The maximum atomic E-state index is 10.8. The SMILES string of the molecule is CC(C(=O)O)c1ccc(OCCCC(=O)O)cc1. The highest BCUT2D eigenvalue weighted by molar-refractivity contribution is 5.75. The Labute approximate surface area is 105 Å². The van der Waals surface area contributed by atoms with Gasteiger partial charge in [-0.25, -0.2) is 0 Å².